The lowest BCUT2D eigenvalue weighted by Crippen LogP contribution is -2.25. The SMILES string of the molecule is O=C(OCSc1ccc(Oc2ccc(F)cc2)cc1)C1CCOCC1. The Labute approximate surface area is 150 Å². The van der Waals surface area contributed by atoms with Crippen molar-refractivity contribution in [3.63, 3.8) is 0 Å². The number of halogens is 1. The van der Waals surface area contributed by atoms with E-state index < -0.39 is 0 Å². The Morgan fingerprint density at radius 2 is 1.64 bits per heavy atom. The Bertz CT molecular complexity index is 682. The van der Waals surface area contributed by atoms with Gasteiger partial charge in [0.1, 0.15) is 23.3 Å². The highest BCUT2D eigenvalue weighted by Crippen LogP contribution is 2.26. The van der Waals surface area contributed by atoms with Crippen LogP contribution in [0.2, 0.25) is 0 Å². The minimum absolute atomic E-state index is 0.0409. The first kappa shape index (κ1) is 17.8. The summed E-state index contributed by atoms with van der Waals surface area (Å²) in [5, 5.41) is 0. The van der Waals surface area contributed by atoms with E-state index in [1.165, 1.54) is 23.9 Å². The van der Waals surface area contributed by atoms with Crippen LogP contribution in [0.15, 0.2) is 53.4 Å². The maximum Gasteiger partial charge on any atom is 0.309 e. The van der Waals surface area contributed by atoms with Crippen LogP contribution in [0, 0.1) is 11.7 Å². The highest BCUT2D eigenvalue weighted by molar-refractivity contribution is 7.99. The summed E-state index contributed by atoms with van der Waals surface area (Å²) in [6.07, 6.45) is 1.47. The topological polar surface area (TPSA) is 44.8 Å². The van der Waals surface area contributed by atoms with E-state index in [0.717, 1.165) is 17.7 Å². The largest absolute Gasteiger partial charge is 0.457 e. The predicted octanol–water partition coefficient (Wildman–Crippen LogP) is 4.64. The van der Waals surface area contributed by atoms with Crippen LogP contribution in [-0.4, -0.2) is 25.1 Å². The summed E-state index contributed by atoms with van der Waals surface area (Å²) >= 11 is 1.45. The van der Waals surface area contributed by atoms with Crippen LogP contribution in [0.4, 0.5) is 4.39 Å². The minimum atomic E-state index is -0.297. The highest BCUT2D eigenvalue weighted by atomic mass is 32.2. The van der Waals surface area contributed by atoms with Gasteiger partial charge in [-0.1, -0.05) is 11.8 Å². The molecule has 132 valence electrons. The quantitative estimate of drug-likeness (QED) is 0.426. The van der Waals surface area contributed by atoms with Crippen molar-refractivity contribution in [3.8, 4) is 11.5 Å². The molecule has 1 saturated heterocycles. The monoisotopic (exact) mass is 362 g/mol. The van der Waals surface area contributed by atoms with Gasteiger partial charge < -0.3 is 14.2 Å². The zero-order valence-corrected chi connectivity index (χ0v) is 14.5. The molecule has 0 atom stereocenters. The van der Waals surface area contributed by atoms with Gasteiger partial charge in [0, 0.05) is 18.1 Å². The first-order valence-electron chi connectivity index (χ1n) is 8.11. The fourth-order valence-electron chi connectivity index (χ4n) is 2.45. The lowest BCUT2D eigenvalue weighted by molar-refractivity contribution is -0.149. The summed E-state index contributed by atoms with van der Waals surface area (Å²) in [6, 6.07) is 13.3. The number of rotatable bonds is 6. The summed E-state index contributed by atoms with van der Waals surface area (Å²) in [5.74, 6) is 1.04. The van der Waals surface area contributed by atoms with E-state index in [2.05, 4.69) is 0 Å². The number of hydrogen-bond donors (Lipinski definition) is 0. The van der Waals surface area contributed by atoms with Crippen molar-refractivity contribution in [1.29, 1.82) is 0 Å². The Morgan fingerprint density at radius 1 is 1.04 bits per heavy atom. The molecule has 1 heterocycles. The summed E-state index contributed by atoms with van der Waals surface area (Å²) in [7, 11) is 0. The summed E-state index contributed by atoms with van der Waals surface area (Å²) in [5.41, 5.74) is 0. The summed E-state index contributed by atoms with van der Waals surface area (Å²) in [4.78, 5) is 12.9. The van der Waals surface area contributed by atoms with Crippen molar-refractivity contribution in [2.75, 3.05) is 19.2 Å². The Balaban J connectivity index is 1.44. The molecule has 2 aromatic rings. The third-order valence-electron chi connectivity index (χ3n) is 3.85. The predicted molar refractivity (Wildman–Crippen MR) is 93.3 cm³/mol. The molecule has 0 spiro atoms. The molecular weight excluding hydrogens is 343 g/mol. The number of thioether (sulfide) groups is 1. The second kappa shape index (κ2) is 8.87. The average molecular weight is 362 g/mol. The molecule has 6 heteroatoms. The third kappa shape index (κ3) is 5.47. The van der Waals surface area contributed by atoms with Crippen LogP contribution >= 0.6 is 11.8 Å². The molecule has 4 nitrogen and oxygen atoms in total. The highest BCUT2D eigenvalue weighted by Gasteiger charge is 2.22. The third-order valence-corrected chi connectivity index (χ3v) is 4.70. The van der Waals surface area contributed by atoms with Crippen molar-refractivity contribution in [3.05, 3.63) is 54.3 Å². The Morgan fingerprint density at radius 3 is 2.28 bits per heavy atom. The number of carbonyl (C=O) groups is 1. The van der Waals surface area contributed by atoms with Gasteiger partial charge in [0.2, 0.25) is 0 Å². The summed E-state index contributed by atoms with van der Waals surface area (Å²) < 4.78 is 29.1. The Kier molecular flexibility index (Phi) is 6.30. The van der Waals surface area contributed by atoms with E-state index in [4.69, 9.17) is 14.2 Å². The van der Waals surface area contributed by atoms with Crippen molar-refractivity contribution >= 4 is 17.7 Å². The molecule has 0 aromatic heterocycles. The van der Waals surface area contributed by atoms with Crippen LogP contribution in [0.5, 0.6) is 11.5 Å². The summed E-state index contributed by atoms with van der Waals surface area (Å²) in [6.45, 7) is 1.25. The van der Waals surface area contributed by atoms with Crippen molar-refractivity contribution in [2.24, 2.45) is 5.92 Å². The van der Waals surface area contributed by atoms with Gasteiger partial charge in [-0.15, -0.1) is 0 Å². The number of esters is 1. The molecule has 0 aliphatic carbocycles. The molecule has 1 aliphatic rings. The van der Waals surface area contributed by atoms with Crippen molar-refractivity contribution in [2.45, 2.75) is 17.7 Å². The molecule has 0 N–H and O–H groups in total. The molecule has 0 radical (unpaired) electrons. The first-order valence-corrected chi connectivity index (χ1v) is 9.10. The van der Waals surface area contributed by atoms with Crippen molar-refractivity contribution in [1.82, 2.24) is 0 Å². The van der Waals surface area contributed by atoms with Crippen LogP contribution in [-0.2, 0) is 14.3 Å². The number of benzene rings is 2. The van der Waals surface area contributed by atoms with Crippen LogP contribution in [0.3, 0.4) is 0 Å². The van der Waals surface area contributed by atoms with Gasteiger partial charge in [0.05, 0.1) is 5.92 Å². The molecule has 1 fully saturated rings. The molecule has 3 rings (SSSR count). The van der Waals surface area contributed by atoms with Crippen LogP contribution in [0.25, 0.3) is 0 Å². The minimum Gasteiger partial charge on any atom is -0.457 e. The molecule has 0 unspecified atom stereocenters. The van der Waals surface area contributed by atoms with Crippen LogP contribution < -0.4 is 4.74 Å². The fraction of sp³-hybridized carbons (Fsp3) is 0.316. The van der Waals surface area contributed by atoms with Gasteiger partial charge >= 0.3 is 5.97 Å². The maximum atomic E-state index is 12.9. The molecule has 2 aromatic carbocycles. The zero-order valence-electron chi connectivity index (χ0n) is 13.7. The maximum absolute atomic E-state index is 12.9. The fourth-order valence-corrected chi connectivity index (χ4v) is 3.09. The molecule has 1 aliphatic heterocycles. The standard InChI is InChI=1S/C19H19FO4S/c20-15-1-3-16(4-2-15)24-17-5-7-18(8-6-17)25-13-23-19(21)14-9-11-22-12-10-14/h1-8,14H,9-13H2. The van der Waals surface area contributed by atoms with E-state index in [0.29, 0.717) is 24.7 Å². The zero-order chi connectivity index (χ0) is 17.5. The molecular formula is C19H19FO4S. The smallest absolute Gasteiger partial charge is 0.309 e. The van der Waals surface area contributed by atoms with E-state index in [-0.39, 0.29) is 23.6 Å². The van der Waals surface area contributed by atoms with Gasteiger partial charge in [-0.3, -0.25) is 4.79 Å². The molecule has 25 heavy (non-hydrogen) atoms. The normalized spacial score (nSPS) is 14.9. The lowest BCUT2D eigenvalue weighted by atomic mass is 10.0. The number of hydrogen-bond acceptors (Lipinski definition) is 5. The molecule has 0 bridgehead atoms. The van der Waals surface area contributed by atoms with E-state index in [1.54, 1.807) is 12.1 Å². The molecule has 0 saturated carbocycles. The van der Waals surface area contributed by atoms with E-state index >= 15 is 0 Å². The van der Waals surface area contributed by atoms with Gasteiger partial charge in [-0.25, -0.2) is 4.39 Å². The second-order valence-corrected chi connectivity index (χ2v) is 6.64. The molecule has 0 amide bonds. The van der Waals surface area contributed by atoms with Crippen LogP contribution in [0.1, 0.15) is 12.8 Å². The van der Waals surface area contributed by atoms with Crippen molar-refractivity contribution < 1.29 is 23.4 Å². The van der Waals surface area contributed by atoms with Gasteiger partial charge in [0.25, 0.3) is 0 Å². The first-order chi connectivity index (χ1) is 12.2. The van der Waals surface area contributed by atoms with E-state index in [9.17, 15) is 9.18 Å². The number of ether oxygens (including phenoxy) is 3. The average Bonchev–Trinajstić information content (AvgIpc) is 2.66. The van der Waals surface area contributed by atoms with E-state index in [1.807, 2.05) is 24.3 Å². The Hall–Kier alpha value is -2.05. The van der Waals surface area contributed by atoms with Gasteiger partial charge in [0.15, 0.2) is 0 Å². The second-order valence-electron chi connectivity index (χ2n) is 5.64. The van der Waals surface area contributed by atoms with Gasteiger partial charge in [-0.05, 0) is 61.4 Å². The lowest BCUT2D eigenvalue weighted by Gasteiger charge is -2.20. The number of carbonyl (C=O) groups excluding carboxylic acids is 1. The van der Waals surface area contributed by atoms with Gasteiger partial charge in [-0.2, -0.15) is 0 Å².